The van der Waals surface area contributed by atoms with Crippen molar-refractivity contribution in [2.24, 2.45) is 11.5 Å². The number of amides is 3. The van der Waals surface area contributed by atoms with E-state index in [1.165, 1.54) is 53.9 Å². The first-order valence-electron chi connectivity index (χ1n) is 10.5. The summed E-state index contributed by atoms with van der Waals surface area (Å²) in [7, 11) is -2.36. The standard InChI is InChI=1S/C23H26N4O6S/c1-33-19-7-5-15(11-20(19)34(31,32)27-9-3-2-4-10-27)6-8-21(28)26-18-13-16(22(24)29)12-17(14-18)23(25)30/h5-8,11-14H,2-4,9-10H2,1H3,(H2,24,29)(H2,25,30)(H,26,28)/b8-6+. The zero-order valence-electron chi connectivity index (χ0n) is 18.6. The molecule has 10 nitrogen and oxygen atoms in total. The number of nitrogens with one attached hydrogen (secondary N) is 1. The largest absolute Gasteiger partial charge is 0.495 e. The molecule has 1 aliphatic rings. The van der Waals surface area contributed by atoms with E-state index >= 15 is 0 Å². The van der Waals surface area contributed by atoms with Crippen molar-refractivity contribution >= 4 is 39.5 Å². The van der Waals surface area contributed by atoms with Crippen molar-refractivity contribution in [2.45, 2.75) is 24.2 Å². The molecule has 1 fully saturated rings. The lowest BCUT2D eigenvalue weighted by atomic mass is 10.1. The van der Waals surface area contributed by atoms with Gasteiger partial charge in [-0.25, -0.2) is 8.42 Å². The van der Waals surface area contributed by atoms with Crippen molar-refractivity contribution in [3.05, 3.63) is 59.2 Å². The summed E-state index contributed by atoms with van der Waals surface area (Å²) in [5.74, 6) is -1.92. The molecule has 180 valence electrons. The van der Waals surface area contributed by atoms with E-state index in [0.29, 0.717) is 18.7 Å². The van der Waals surface area contributed by atoms with E-state index in [2.05, 4.69) is 5.32 Å². The quantitative estimate of drug-likeness (QED) is 0.481. The van der Waals surface area contributed by atoms with Crippen LogP contribution in [0.2, 0.25) is 0 Å². The molecule has 5 N–H and O–H groups in total. The number of carbonyl (C=O) groups is 3. The summed E-state index contributed by atoms with van der Waals surface area (Å²) in [4.78, 5) is 35.4. The minimum Gasteiger partial charge on any atom is -0.495 e. The highest BCUT2D eigenvalue weighted by atomic mass is 32.2. The van der Waals surface area contributed by atoms with Crippen molar-refractivity contribution in [3.8, 4) is 5.75 Å². The summed E-state index contributed by atoms with van der Waals surface area (Å²) >= 11 is 0. The molecule has 1 heterocycles. The fraction of sp³-hybridized carbons (Fsp3) is 0.261. The minimum atomic E-state index is -3.75. The van der Waals surface area contributed by atoms with Crippen LogP contribution in [0.1, 0.15) is 45.5 Å². The number of anilines is 1. The molecule has 3 rings (SSSR count). The second-order valence-electron chi connectivity index (χ2n) is 7.73. The Morgan fingerprint density at radius 3 is 2.15 bits per heavy atom. The topological polar surface area (TPSA) is 162 Å². The van der Waals surface area contributed by atoms with Crippen LogP contribution in [0.5, 0.6) is 5.75 Å². The molecule has 2 aromatic carbocycles. The molecule has 34 heavy (non-hydrogen) atoms. The molecule has 0 spiro atoms. The maximum Gasteiger partial charge on any atom is 0.248 e. The summed E-state index contributed by atoms with van der Waals surface area (Å²) in [5.41, 5.74) is 11.2. The number of carbonyl (C=O) groups excluding carboxylic acids is 3. The van der Waals surface area contributed by atoms with E-state index in [0.717, 1.165) is 19.3 Å². The Labute approximate surface area is 197 Å². The van der Waals surface area contributed by atoms with Gasteiger partial charge in [-0.05, 0) is 54.8 Å². The summed E-state index contributed by atoms with van der Waals surface area (Å²) in [6, 6.07) is 8.47. The number of nitrogens with two attached hydrogens (primary N) is 2. The van der Waals surface area contributed by atoms with E-state index in [-0.39, 0.29) is 27.5 Å². The monoisotopic (exact) mass is 486 g/mol. The first-order valence-corrected chi connectivity index (χ1v) is 12.0. The number of hydrogen-bond acceptors (Lipinski definition) is 6. The van der Waals surface area contributed by atoms with Gasteiger partial charge in [0.15, 0.2) is 0 Å². The van der Waals surface area contributed by atoms with Gasteiger partial charge in [0.05, 0.1) is 7.11 Å². The number of rotatable bonds is 8. The first-order chi connectivity index (χ1) is 16.1. The normalized spacial score (nSPS) is 14.6. The lowest BCUT2D eigenvalue weighted by molar-refractivity contribution is -0.111. The van der Waals surface area contributed by atoms with Crippen LogP contribution < -0.4 is 21.5 Å². The Bertz CT molecular complexity index is 1220. The Morgan fingerprint density at radius 2 is 1.59 bits per heavy atom. The predicted molar refractivity (Wildman–Crippen MR) is 127 cm³/mol. The van der Waals surface area contributed by atoms with E-state index in [9.17, 15) is 22.8 Å². The molecular formula is C23H26N4O6S. The molecule has 0 saturated carbocycles. The SMILES string of the molecule is COc1ccc(/C=C/C(=O)Nc2cc(C(N)=O)cc(C(N)=O)c2)cc1S(=O)(=O)N1CCCCC1. The first kappa shape index (κ1) is 24.9. The van der Waals surface area contributed by atoms with Gasteiger partial charge in [0, 0.05) is 36.0 Å². The zero-order valence-corrected chi connectivity index (χ0v) is 19.4. The number of nitrogens with zero attached hydrogens (tertiary/aromatic N) is 1. The average molecular weight is 487 g/mol. The van der Waals surface area contributed by atoms with E-state index in [1.54, 1.807) is 6.07 Å². The molecule has 2 aromatic rings. The molecule has 0 unspecified atom stereocenters. The van der Waals surface area contributed by atoms with Gasteiger partial charge < -0.3 is 21.5 Å². The second-order valence-corrected chi connectivity index (χ2v) is 9.63. The fourth-order valence-corrected chi connectivity index (χ4v) is 5.29. The Balaban J connectivity index is 1.83. The van der Waals surface area contributed by atoms with Crippen LogP contribution in [0, 0.1) is 0 Å². The maximum atomic E-state index is 13.1. The van der Waals surface area contributed by atoms with Crippen LogP contribution in [-0.2, 0) is 14.8 Å². The number of benzene rings is 2. The third-order valence-electron chi connectivity index (χ3n) is 5.32. The molecule has 1 aliphatic heterocycles. The van der Waals surface area contributed by atoms with E-state index in [4.69, 9.17) is 16.2 Å². The number of sulfonamides is 1. The summed E-state index contributed by atoms with van der Waals surface area (Å²) in [5, 5.41) is 2.53. The Hall–Kier alpha value is -3.70. The van der Waals surface area contributed by atoms with Crippen molar-refractivity contribution in [1.82, 2.24) is 4.31 Å². The van der Waals surface area contributed by atoms with Crippen LogP contribution in [0.4, 0.5) is 5.69 Å². The highest BCUT2D eigenvalue weighted by Crippen LogP contribution is 2.30. The molecule has 0 radical (unpaired) electrons. The van der Waals surface area contributed by atoms with Gasteiger partial charge in [-0.15, -0.1) is 0 Å². The summed E-state index contributed by atoms with van der Waals surface area (Å²) in [6.07, 6.45) is 5.23. The number of methoxy groups -OCH3 is 1. The maximum absolute atomic E-state index is 13.1. The lowest BCUT2D eigenvalue weighted by Gasteiger charge is -2.26. The van der Waals surface area contributed by atoms with Gasteiger partial charge in [0.2, 0.25) is 27.7 Å². The van der Waals surface area contributed by atoms with E-state index in [1.807, 2.05) is 0 Å². The third kappa shape index (κ3) is 5.80. The smallest absolute Gasteiger partial charge is 0.248 e. The lowest BCUT2D eigenvalue weighted by Crippen LogP contribution is -2.35. The van der Waals surface area contributed by atoms with Gasteiger partial charge in [-0.2, -0.15) is 4.31 Å². The number of piperidine rings is 1. The molecule has 11 heteroatoms. The third-order valence-corrected chi connectivity index (χ3v) is 7.24. The van der Waals surface area contributed by atoms with Crippen LogP contribution in [0.15, 0.2) is 47.4 Å². The minimum absolute atomic E-state index is 0.0123. The fourth-order valence-electron chi connectivity index (χ4n) is 3.58. The molecule has 0 aromatic heterocycles. The van der Waals surface area contributed by atoms with Gasteiger partial charge in [0.25, 0.3) is 0 Å². The number of ether oxygens (including phenoxy) is 1. The molecule has 3 amide bonds. The van der Waals surface area contributed by atoms with E-state index < -0.39 is 27.7 Å². The molecule has 0 atom stereocenters. The molecule has 1 saturated heterocycles. The van der Waals surface area contributed by atoms with Crippen molar-refractivity contribution in [1.29, 1.82) is 0 Å². The Kier molecular flexibility index (Phi) is 7.69. The average Bonchev–Trinajstić information content (AvgIpc) is 2.82. The highest BCUT2D eigenvalue weighted by Gasteiger charge is 2.29. The van der Waals surface area contributed by atoms with Gasteiger partial charge in [0.1, 0.15) is 10.6 Å². The number of primary amides is 2. The predicted octanol–water partition coefficient (Wildman–Crippen LogP) is 1.72. The second kappa shape index (κ2) is 10.5. The van der Waals surface area contributed by atoms with Crippen molar-refractivity contribution in [3.63, 3.8) is 0 Å². The van der Waals surface area contributed by atoms with Gasteiger partial charge in [-0.3, -0.25) is 14.4 Å². The van der Waals surface area contributed by atoms with Crippen LogP contribution in [-0.4, -0.2) is 50.6 Å². The highest BCUT2D eigenvalue weighted by molar-refractivity contribution is 7.89. The van der Waals surface area contributed by atoms with Crippen LogP contribution in [0.25, 0.3) is 6.08 Å². The molecule has 0 bridgehead atoms. The van der Waals surface area contributed by atoms with Crippen molar-refractivity contribution < 1.29 is 27.5 Å². The van der Waals surface area contributed by atoms with Crippen LogP contribution in [0.3, 0.4) is 0 Å². The number of hydrogen-bond donors (Lipinski definition) is 3. The van der Waals surface area contributed by atoms with Crippen LogP contribution >= 0.6 is 0 Å². The van der Waals surface area contributed by atoms with Crippen molar-refractivity contribution in [2.75, 3.05) is 25.5 Å². The summed E-state index contributed by atoms with van der Waals surface area (Å²) < 4.78 is 33.0. The Morgan fingerprint density at radius 1 is 0.971 bits per heavy atom. The summed E-state index contributed by atoms with van der Waals surface area (Å²) in [6.45, 7) is 0.900. The molecular weight excluding hydrogens is 460 g/mol. The van der Waals surface area contributed by atoms with Gasteiger partial charge in [-0.1, -0.05) is 12.5 Å². The van der Waals surface area contributed by atoms with Gasteiger partial charge >= 0.3 is 0 Å². The molecule has 0 aliphatic carbocycles. The zero-order chi connectivity index (χ0) is 24.9.